The summed E-state index contributed by atoms with van der Waals surface area (Å²) in [6, 6.07) is 6.13. The summed E-state index contributed by atoms with van der Waals surface area (Å²) in [5.41, 5.74) is 0.414. The lowest BCUT2D eigenvalue weighted by molar-refractivity contribution is 0.0953. The van der Waals surface area contributed by atoms with E-state index in [0.29, 0.717) is 25.1 Å². The molecule has 1 rings (SSSR count). The van der Waals surface area contributed by atoms with Gasteiger partial charge in [0, 0.05) is 24.7 Å². The van der Waals surface area contributed by atoms with E-state index in [1.54, 1.807) is 12.1 Å². The van der Waals surface area contributed by atoms with E-state index in [4.69, 9.17) is 0 Å². The van der Waals surface area contributed by atoms with Crippen LogP contribution in [0.4, 0.5) is 4.79 Å². The monoisotopic (exact) mass is 293 g/mol. The third-order valence-corrected chi connectivity index (χ3v) is 3.02. The van der Waals surface area contributed by atoms with Gasteiger partial charge in [-0.2, -0.15) is 0 Å². The Morgan fingerprint density at radius 2 is 1.95 bits per heavy atom. The van der Waals surface area contributed by atoms with Gasteiger partial charge in [0.1, 0.15) is 5.75 Å². The number of rotatable bonds is 7. The summed E-state index contributed by atoms with van der Waals surface area (Å²) in [6.07, 6.45) is 1.52. The minimum absolute atomic E-state index is 0.0611. The Kier molecular flexibility index (Phi) is 7.08. The number of carbonyl (C=O) groups excluding carboxylic acids is 2. The van der Waals surface area contributed by atoms with Crippen LogP contribution in [-0.4, -0.2) is 36.2 Å². The van der Waals surface area contributed by atoms with E-state index < -0.39 is 0 Å². The number of hydrogen-bond acceptors (Lipinski definition) is 3. The van der Waals surface area contributed by atoms with Gasteiger partial charge in [0.25, 0.3) is 5.91 Å². The molecule has 1 aromatic carbocycles. The first-order chi connectivity index (χ1) is 10.0. The fourth-order valence-corrected chi connectivity index (χ4v) is 1.62. The molecular weight excluding hydrogens is 270 g/mol. The zero-order valence-corrected chi connectivity index (χ0v) is 12.5. The van der Waals surface area contributed by atoms with Crippen LogP contribution in [-0.2, 0) is 0 Å². The standard InChI is InChI=1S/C15H23N3O3/c1-3-11(2)18-15(21)17-9-5-8-16-14(20)12-6-4-7-13(19)10-12/h4,6-7,10-11,19H,3,5,8-9H2,1-2H3,(H,16,20)(H2,17,18,21)/t11-/m1/s1. The number of benzene rings is 1. The molecule has 0 aliphatic heterocycles. The summed E-state index contributed by atoms with van der Waals surface area (Å²) in [4.78, 5) is 23.2. The minimum atomic E-state index is -0.241. The number of urea groups is 1. The predicted molar refractivity (Wildman–Crippen MR) is 81.3 cm³/mol. The van der Waals surface area contributed by atoms with E-state index in [0.717, 1.165) is 6.42 Å². The molecule has 0 saturated carbocycles. The lowest BCUT2D eigenvalue weighted by Crippen LogP contribution is -2.41. The third-order valence-electron chi connectivity index (χ3n) is 3.02. The summed E-state index contributed by atoms with van der Waals surface area (Å²) in [5.74, 6) is -0.180. The van der Waals surface area contributed by atoms with Crippen molar-refractivity contribution in [1.29, 1.82) is 0 Å². The normalized spacial score (nSPS) is 11.5. The highest BCUT2D eigenvalue weighted by molar-refractivity contribution is 5.94. The van der Waals surface area contributed by atoms with Crippen molar-refractivity contribution in [1.82, 2.24) is 16.0 Å². The fraction of sp³-hybridized carbons (Fsp3) is 0.467. The fourth-order valence-electron chi connectivity index (χ4n) is 1.62. The highest BCUT2D eigenvalue weighted by atomic mass is 16.3. The highest BCUT2D eigenvalue weighted by Gasteiger charge is 2.06. The third kappa shape index (κ3) is 6.65. The molecule has 0 fully saturated rings. The number of hydrogen-bond donors (Lipinski definition) is 4. The van der Waals surface area contributed by atoms with Gasteiger partial charge in [0.05, 0.1) is 0 Å². The van der Waals surface area contributed by atoms with Gasteiger partial charge in [0.15, 0.2) is 0 Å². The summed E-state index contributed by atoms with van der Waals surface area (Å²) >= 11 is 0. The number of phenols is 1. The molecule has 0 aliphatic rings. The Bertz CT molecular complexity index is 477. The molecule has 21 heavy (non-hydrogen) atoms. The number of amides is 3. The second kappa shape index (κ2) is 8.84. The molecule has 116 valence electrons. The highest BCUT2D eigenvalue weighted by Crippen LogP contribution is 2.10. The maximum Gasteiger partial charge on any atom is 0.314 e. The van der Waals surface area contributed by atoms with Crippen molar-refractivity contribution in [3.8, 4) is 5.75 Å². The average molecular weight is 293 g/mol. The van der Waals surface area contributed by atoms with Crippen molar-refractivity contribution in [2.24, 2.45) is 0 Å². The van der Waals surface area contributed by atoms with E-state index in [9.17, 15) is 14.7 Å². The molecular formula is C15H23N3O3. The van der Waals surface area contributed by atoms with Gasteiger partial charge < -0.3 is 21.1 Å². The molecule has 0 saturated heterocycles. The van der Waals surface area contributed by atoms with Crippen LogP contribution in [0.5, 0.6) is 5.75 Å². The number of carbonyl (C=O) groups is 2. The molecule has 0 radical (unpaired) electrons. The minimum Gasteiger partial charge on any atom is -0.508 e. The molecule has 3 amide bonds. The van der Waals surface area contributed by atoms with Gasteiger partial charge in [0.2, 0.25) is 0 Å². The van der Waals surface area contributed by atoms with Crippen LogP contribution in [0, 0.1) is 0 Å². The number of phenolic OH excluding ortho intramolecular Hbond substituents is 1. The number of aromatic hydroxyl groups is 1. The second-order valence-corrected chi connectivity index (χ2v) is 4.87. The van der Waals surface area contributed by atoms with E-state index in [1.807, 2.05) is 13.8 Å². The summed E-state index contributed by atoms with van der Waals surface area (Å²) in [7, 11) is 0. The van der Waals surface area contributed by atoms with Crippen molar-refractivity contribution in [2.45, 2.75) is 32.7 Å². The quantitative estimate of drug-likeness (QED) is 0.576. The van der Waals surface area contributed by atoms with Crippen LogP contribution in [0.15, 0.2) is 24.3 Å². The molecule has 6 heteroatoms. The summed E-state index contributed by atoms with van der Waals surface area (Å²) in [6.45, 7) is 4.89. The van der Waals surface area contributed by atoms with E-state index in [-0.39, 0.29) is 23.7 Å². The molecule has 0 aliphatic carbocycles. The van der Waals surface area contributed by atoms with Crippen LogP contribution in [0.2, 0.25) is 0 Å². The first-order valence-corrected chi connectivity index (χ1v) is 7.14. The molecule has 1 aromatic rings. The molecule has 6 nitrogen and oxygen atoms in total. The van der Waals surface area contributed by atoms with Crippen molar-refractivity contribution in [3.05, 3.63) is 29.8 Å². The second-order valence-electron chi connectivity index (χ2n) is 4.87. The first-order valence-electron chi connectivity index (χ1n) is 7.14. The maximum absolute atomic E-state index is 11.8. The van der Waals surface area contributed by atoms with E-state index >= 15 is 0 Å². The first kappa shape index (κ1) is 16.8. The van der Waals surface area contributed by atoms with Gasteiger partial charge in [-0.1, -0.05) is 13.0 Å². The van der Waals surface area contributed by atoms with Gasteiger partial charge >= 0.3 is 6.03 Å². The van der Waals surface area contributed by atoms with Gasteiger partial charge in [-0.05, 0) is 38.0 Å². The van der Waals surface area contributed by atoms with Gasteiger partial charge in [-0.15, -0.1) is 0 Å². The largest absolute Gasteiger partial charge is 0.508 e. The van der Waals surface area contributed by atoms with Crippen molar-refractivity contribution in [2.75, 3.05) is 13.1 Å². The molecule has 0 bridgehead atoms. The molecule has 0 heterocycles. The average Bonchev–Trinajstić information content (AvgIpc) is 2.46. The van der Waals surface area contributed by atoms with E-state index in [1.165, 1.54) is 12.1 Å². The lowest BCUT2D eigenvalue weighted by atomic mass is 10.2. The van der Waals surface area contributed by atoms with Crippen LogP contribution < -0.4 is 16.0 Å². The molecule has 0 unspecified atom stereocenters. The predicted octanol–water partition coefficient (Wildman–Crippen LogP) is 1.61. The van der Waals surface area contributed by atoms with Crippen LogP contribution in [0.25, 0.3) is 0 Å². The number of nitrogens with one attached hydrogen (secondary N) is 3. The smallest absolute Gasteiger partial charge is 0.314 e. The zero-order valence-electron chi connectivity index (χ0n) is 12.5. The Hall–Kier alpha value is -2.24. The molecule has 1 atom stereocenters. The molecule has 0 spiro atoms. The van der Waals surface area contributed by atoms with Crippen molar-refractivity contribution >= 4 is 11.9 Å². The Morgan fingerprint density at radius 1 is 1.24 bits per heavy atom. The van der Waals surface area contributed by atoms with Crippen LogP contribution in [0.3, 0.4) is 0 Å². The Labute approximate surface area is 124 Å². The van der Waals surface area contributed by atoms with Crippen molar-refractivity contribution in [3.63, 3.8) is 0 Å². The zero-order chi connectivity index (χ0) is 15.7. The van der Waals surface area contributed by atoms with Gasteiger partial charge in [-0.25, -0.2) is 4.79 Å². The Morgan fingerprint density at radius 3 is 2.62 bits per heavy atom. The maximum atomic E-state index is 11.8. The summed E-state index contributed by atoms with van der Waals surface area (Å²) < 4.78 is 0. The van der Waals surface area contributed by atoms with Crippen LogP contribution in [0.1, 0.15) is 37.0 Å². The van der Waals surface area contributed by atoms with Crippen LogP contribution >= 0.6 is 0 Å². The Balaban J connectivity index is 2.17. The van der Waals surface area contributed by atoms with Crippen molar-refractivity contribution < 1.29 is 14.7 Å². The van der Waals surface area contributed by atoms with E-state index in [2.05, 4.69) is 16.0 Å². The SMILES string of the molecule is CC[C@@H](C)NC(=O)NCCCNC(=O)c1cccc(O)c1. The van der Waals surface area contributed by atoms with Gasteiger partial charge in [-0.3, -0.25) is 4.79 Å². The summed E-state index contributed by atoms with van der Waals surface area (Å²) in [5, 5.41) is 17.5. The lowest BCUT2D eigenvalue weighted by Gasteiger charge is -2.12. The molecule has 0 aromatic heterocycles. The molecule has 4 N–H and O–H groups in total. The topological polar surface area (TPSA) is 90.5 Å².